The molecule has 0 spiro atoms. The Morgan fingerprint density at radius 3 is 2.61 bits per heavy atom. The number of amides is 1. The molecule has 9 nitrogen and oxygen atoms in total. The maximum atomic E-state index is 13.3. The Hall–Kier alpha value is -2.76. The van der Waals surface area contributed by atoms with Crippen molar-refractivity contribution in [3.8, 4) is 11.5 Å². The van der Waals surface area contributed by atoms with Crippen molar-refractivity contribution in [1.29, 1.82) is 0 Å². The SMILES string of the molecule is COc1cc(NC(=O)[C@H]2CCCN(S(=O)(=O)c3cccc4nsnc34)C2)cc(OC)c1. The molecule has 4 rings (SSSR count). The second-order valence-corrected chi connectivity index (χ2v) is 9.62. The zero-order valence-electron chi connectivity index (χ0n) is 17.1. The predicted molar refractivity (Wildman–Crippen MR) is 117 cm³/mol. The summed E-state index contributed by atoms with van der Waals surface area (Å²) in [5, 5.41) is 2.86. The van der Waals surface area contributed by atoms with E-state index in [1.54, 1.807) is 30.3 Å². The number of carbonyl (C=O) groups excluding carboxylic acids is 1. The van der Waals surface area contributed by atoms with Gasteiger partial charge in [-0.3, -0.25) is 4.79 Å². The Balaban J connectivity index is 1.53. The van der Waals surface area contributed by atoms with Gasteiger partial charge in [-0.05, 0) is 25.0 Å². The minimum atomic E-state index is -3.80. The highest BCUT2D eigenvalue weighted by Crippen LogP contribution is 2.30. The summed E-state index contributed by atoms with van der Waals surface area (Å²) in [6.07, 6.45) is 1.19. The van der Waals surface area contributed by atoms with Gasteiger partial charge in [0.05, 0.1) is 31.9 Å². The van der Waals surface area contributed by atoms with Crippen molar-refractivity contribution in [2.24, 2.45) is 5.92 Å². The predicted octanol–water partition coefficient (Wildman–Crippen LogP) is 2.75. The van der Waals surface area contributed by atoms with E-state index < -0.39 is 15.9 Å². The molecule has 0 aliphatic carbocycles. The second-order valence-electron chi connectivity index (χ2n) is 7.18. The Morgan fingerprint density at radius 1 is 1.16 bits per heavy atom. The van der Waals surface area contributed by atoms with Gasteiger partial charge < -0.3 is 14.8 Å². The van der Waals surface area contributed by atoms with Crippen LogP contribution in [0.4, 0.5) is 5.69 Å². The highest BCUT2D eigenvalue weighted by atomic mass is 32.2. The number of methoxy groups -OCH3 is 2. The normalized spacial score (nSPS) is 17.4. The summed E-state index contributed by atoms with van der Waals surface area (Å²) in [5.74, 6) is 0.372. The summed E-state index contributed by atoms with van der Waals surface area (Å²) in [6.45, 7) is 0.455. The monoisotopic (exact) mass is 462 g/mol. The van der Waals surface area contributed by atoms with Crippen molar-refractivity contribution in [2.45, 2.75) is 17.7 Å². The van der Waals surface area contributed by atoms with E-state index in [0.29, 0.717) is 47.6 Å². The van der Waals surface area contributed by atoms with Crippen LogP contribution >= 0.6 is 11.7 Å². The van der Waals surface area contributed by atoms with Gasteiger partial charge in [-0.25, -0.2) is 8.42 Å². The fourth-order valence-electron chi connectivity index (χ4n) is 3.63. The number of nitrogens with one attached hydrogen (secondary N) is 1. The Bertz CT molecular complexity index is 1190. The van der Waals surface area contributed by atoms with Gasteiger partial charge in [0, 0.05) is 37.0 Å². The molecule has 1 aliphatic rings. The lowest BCUT2D eigenvalue weighted by Gasteiger charge is -2.31. The standard InChI is InChI=1S/C20H22N4O5S2/c1-28-15-9-14(10-16(11-15)29-2)21-20(25)13-5-4-8-24(12-13)31(26,27)18-7-3-6-17-19(18)23-30-22-17/h3,6-7,9-11,13H,4-5,8,12H2,1-2H3,(H,21,25)/t13-/m0/s1. The van der Waals surface area contributed by atoms with Crippen molar-refractivity contribution in [1.82, 2.24) is 13.1 Å². The van der Waals surface area contributed by atoms with Gasteiger partial charge in [-0.2, -0.15) is 13.1 Å². The Kier molecular flexibility index (Phi) is 6.08. The van der Waals surface area contributed by atoms with Crippen molar-refractivity contribution in [3.05, 3.63) is 36.4 Å². The van der Waals surface area contributed by atoms with E-state index >= 15 is 0 Å². The lowest BCUT2D eigenvalue weighted by Crippen LogP contribution is -2.43. The van der Waals surface area contributed by atoms with Gasteiger partial charge in [0.1, 0.15) is 27.4 Å². The molecule has 2 heterocycles. The molecule has 0 saturated carbocycles. The van der Waals surface area contributed by atoms with E-state index in [1.165, 1.54) is 24.6 Å². The van der Waals surface area contributed by atoms with Crippen LogP contribution in [-0.2, 0) is 14.8 Å². The molecule has 1 aliphatic heterocycles. The molecular weight excluding hydrogens is 440 g/mol. The summed E-state index contributed by atoms with van der Waals surface area (Å²) in [7, 11) is -0.741. The molecule has 0 radical (unpaired) electrons. The third kappa shape index (κ3) is 4.34. The van der Waals surface area contributed by atoms with Crippen LogP contribution in [0.5, 0.6) is 11.5 Å². The number of hydrogen-bond donors (Lipinski definition) is 1. The van der Waals surface area contributed by atoms with Crippen LogP contribution < -0.4 is 14.8 Å². The van der Waals surface area contributed by atoms with Gasteiger partial charge in [0.25, 0.3) is 0 Å². The number of benzene rings is 2. The number of fused-ring (bicyclic) bond motifs is 1. The van der Waals surface area contributed by atoms with Crippen LogP contribution in [0, 0.1) is 5.92 Å². The molecule has 1 amide bonds. The molecule has 3 aromatic rings. The van der Waals surface area contributed by atoms with Crippen LogP contribution in [0.2, 0.25) is 0 Å². The molecule has 0 unspecified atom stereocenters. The van der Waals surface area contributed by atoms with Gasteiger partial charge in [-0.15, -0.1) is 0 Å². The third-order valence-electron chi connectivity index (χ3n) is 5.24. The number of aromatic nitrogens is 2. The first-order valence-electron chi connectivity index (χ1n) is 9.67. The van der Waals surface area contributed by atoms with E-state index in [1.807, 2.05) is 0 Å². The van der Waals surface area contributed by atoms with E-state index in [2.05, 4.69) is 14.1 Å². The van der Waals surface area contributed by atoms with E-state index in [0.717, 1.165) is 11.7 Å². The number of hydrogen-bond acceptors (Lipinski definition) is 8. The van der Waals surface area contributed by atoms with Crippen molar-refractivity contribution in [2.75, 3.05) is 32.6 Å². The number of ether oxygens (including phenoxy) is 2. The van der Waals surface area contributed by atoms with Gasteiger partial charge in [0.2, 0.25) is 15.9 Å². The highest BCUT2D eigenvalue weighted by molar-refractivity contribution is 7.89. The summed E-state index contributed by atoms with van der Waals surface area (Å²) in [4.78, 5) is 13.0. The van der Waals surface area contributed by atoms with Crippen molar-refractivity contribution >= 4 is 44.4 Å². The maximum Gasteiger partial charge on any atom is 0.245 e. The highest BCUT2D eigenvalue weighted by Gasteiger charge is 2.34. The Morgan fingerprint density at radius 2 is 1.90 bits per heavy atom. The first kappa shape index (κ1) is 21.5. The van der Waals surface area contributed by atoms with E-state index in [9.17, 15) is 13.2 Å². The molecular formula is C20H22N4O5S2. The molecule has 1 atom stereocenters. The summed E-state index contributed by atoms with van der Waals surface area (Å²) in [5.41, 5.74) is 1.44. The summed E-state index contributed by atoms with van der Waals surface area (Å²) < 4.78 is 46.7. The van der Waals surface area contributed by atoms with Crippen LogP contribution in [-0.4, -0.2) is 54.7 Å². The zero-order valence-corrected chi connectivity index (χ0v) is 18.7. The maximum absolute atomic E-state index is 13.3. The molecule has 1 fully saturated rings. The second kappa shape index (κ2) is 8.77. The lowest BCUT2D eigenvalue weighted by atomic mass is 9.98. The van der Waals surface area contributed by atoms with E-state index in [-0.39, 0.29) is 17.3 Å². The fraction of sp³-hybridized carbons (Fsp3) is 0.350. The first-order valence-corrected chi connectivity index (χ1v) is 11.8. The molecule has 1 saturated heterocycles. The molecule has 11 heteroatoms. The molecule has 2 aromatic carbocycles. The number of piperidine rings is 1. The number of carbonyl (C=O) groups is 1. The molecule has 1 N–H and O–H groups in total. The average Bonchev–Trinajstić information content (AvgIpc) is 3.27. The summed E-state index contributed by atoms with van der Waals surface area (Å²) in [6, 6.07) is 10.00. The van der Waals surface area contributed by atoms with E-state index in [4.69, 9.17) is 9.47 Å². The van der Waals surface area contributed by atoms with Crippen LogP contribution in [0.1, 0.15) is 12.8 Å². The third-order valence-corrected chi connectivity index (χ3v) is 7.68. The number of sulfonamides is 1. The van der Waals surface area contributed by atoms with Crippen LogP contribution in [0.3, 0.4) is 0 Å². The largest absolute Gasteiger partial charge is 0.497 e. The number of anilines is 1. The zero-order chi connectivity index (χ0) is 22.0. The quantitative estimate of drug-likeness (QED) is 0.600. The average molecular weight is 463 g/mol. The van der Waals surface area contributed by atoms with Crippen molar-refractivity contribution in [3.63, 3.8) is 0 Å². The van der Waals surface area contributed by atoms with Crippen molar-refractivity contribution < 1.29 is 22.7 Å². The fourth-order valence-corrected chi connectivity index (χ4v) is 5.90. The minimum Gasteiger partial charge on any atom is -0.497 e. The lowest BCUT2D eigenvalue weighted by molar-refractivity contribution is -0.120. The smallest absolute Gasteiger partial charge is 0.245 e. The van der Waals surface area contributed by atoms with Crippen LogP contribution in [0.15, 0.2) is 41.3 Å². The minimum absolute atomic E-state index is 0.100. The van der Waals surface area contributed by atoms with Gasteiger partial charge in [-0.1, -0.05) is 6.07 Å². The molecule has 31 heavy (non-hydrogen) atoms. The summed E-state index contributed by atoms with van der Waals surface area (Å²) >= 11 is 0.975. The molecule has 164 valence electrons. The van der Waals surface area contributed by atoms with Gasteiger partial charge in [0.15, 0.2) is 0 Å². The Labute approximate surface area is 184 Å². The topological polar surface area (TPSA) is 111 Å². The van der Waals surface area contributed by atoms with Crippen LogP contribution in [0.25, 0.3) is 11.0 Å². The number of nitrogens with zero attached hydrogens (tertiary/aromatic N) is 3. The molecule has 1 aromatic heterocycles. The molecule has 0 bridgehead atoms. The first-order chi connectivity index (χ1) is 14.9. The van der Waals surface area contributed by atoms with Gasteiger partial charge >= 0.3 is 0 Å². The number of rotatable bonds is 6.